The Morgan fingerprint density at radius 3 is 2.40 bits per heavy atom. The molecule has 3 aromatic carbocycles. The molecule has 0 spiro atoms. The number of carbonyl (C=O) groups excluding carboxylic acids is 1. The second-order valence-corrected chi connectivity index (χ2v) is 9.22. The fourth-order valence-corrected chi connectivity index (χ4v) is 4.89. The molecule has 1 aliphatic heterocycles. The van der Waals surface area contributed by atoms with Crippen LogP contribution in [0.25, 0.3) is 0 Å². The molecule has 0 saturated heterocycles. The molecule has 0 bridgehead atoms. The van der Waals surface area contributed by atoms with E-state index in [1.54, 1.807) is 60.7 Å². The van der Waals surface area contributed by atoms with Crippen molar-refractivity contribution in [1.29, 1.82) is 0 Å². The van der Waals surface area contributed by atoms with E-state index in [-0.39, 0.29) is 23.5 Å². The number of ether oxygens (including phenoxy) is 1. The number of hydrogen-bond acceptors (Lipinski definition) is 4. The minimum absolute atomic E-state index is 0.135. The highest BCUT2D eigenvalue weighted by atomic mass is 35.5. The Morgan fingerprint density at radius 1 is 1.03 bits per heavy atom. The fourth-order valence-electron chi connectivity index (χ4n) is 3.22. The first kappa shape index (κ1) is 20.3. The van der Waals surface area contributed by atoms with Gasteiger partial charge in [0.2, 0.25) is 0 Å². The lowest BCUT2D eigenvalue weighted by atomic mass is 10.2. The third kappa shape index (κ3) is 3.99. The van der Waals surface area contributed by atoms with E-state index < -0.39 is 10.0 Å². The molecule has 154 valence electrons. The SMILES string of the molecule is CC1CN(S(=O)(=O)c2ccc(NC(=O)c3ccc(Cl)cc3)cc2)c2ccccc2O1. The molecule has 0 aromatic heterocycles. The Morgan fingerprint density at radius 2 is 1.70 bits per heavy atom. The van der Waals surface area contributed by atoms with Crippen molar-refractivity contribution in [2.24, 2.45) is 0 Å². The van der Waals surface area contributed by atoms with Crippen LogP contribution in [0.4, 0.5) is 11.4 Å². The first-order valence-electron chi connectivity index (χ1n) is 9.30. The van der Waals surface area contributed by atoms with Crippen LogP contribution < -0.4 is 14.4 Å². The molecule has 1 heterocycles. The van der Waals surface area contributed by atoms with Crippen LogP contribution in [0.1, 0.15) is 17.3 Å². The maximum absolute atomic E-state index is 13.3. The van der Waals surface area contributed by atoms with Crippen LogP contribution in [-0.2, 0) is 10.0 Å². The van der Waals surface area contributed by atoms with Gasteiger partial charge in [0.05, 0.1) is 17.1 Å². The maximum atomic E-state index is 13.3. The Bertz CT molecular complexity index is 1180. The summed E-state index contributed by atoms with van der Waals surface area (Å²) >= 11 is 5.84. The van der Waals surface area contributed by atoms with Gasteiger partial charge in [-0.3, -0.25) is 9.10 Å². The summed E-state index contributed by atoms with van der Waals surface area (Å²) < 4.78 is 33.6. The van der Waals surface area contributed by atoms with E-state index >= 15 is 0 Å². The molecule has 0 radical (unpaired) electrons. The van der Waals surface area contributed by atoms with Crippen LogP contribution >= 0.6 is 11.6 Å². The molecule has 8 heteroatoms. The van der Waals surface area contributed by atoms with Gasteiger partial charge >= 0.3 is 0 Å². The van der Waals surface area contributed by atoms with E-state index in [0.29, 0.717) is 27.7 Å². The highest BCUT2D eigenvalue weighted by molar-refractivity contribution is 7.92. The number of anilines is 2. The third-order valence-electron chi connectivity index (χ3n) is 4.69. The number of benzene rings is 3. The summed E-state index contributed by atoms with van der Waals surface area (Å²) in [4.78, 5) is 12.5. The number of sulfonamides is 1. The van der Waals surface area contributed by atoms with E-state index in [1.807, 2.05) is 6.92 Å². The lowest BCUT2D eigenvalue weighted by molar-refractivity contribution is 0.102. The lowest BCUT2D eigenvalue weighted by Crippen LogP contribution is -2.42. The van der Waals surface area contributed by atoms with Crippen molar-refractivity contribution in [3.63, 3.8) is 0 Å². The number of amides is 1. The zero-order chi connectivity index (χ0) is 21.3. The molecule has 6 nitrogen and oxygen atoms in total. The van der Waals surface area contributed by atoms with Crippen LogP contribution in [0.3, 0.4) is 0 Å². The van der Waals surface area contributed by atoms with Crippen molar-refractivity contribution in [3.05, 3.63) is 83.4 Å². The Kier molecular flexibility index (Phi) is 5.40. The number of halogens is 1. The topological polar surface area (TPSA) is 75.7 Å². The van der Waals surface area contributed by atoms with Crippen molar-refractivity contribution in [3.8, 4) is 5.75 Å². The van der Waals surface area contributed by atoms with Crippen molar-refractivity contribution in [2.75, 3.05) is 16.2 Å². The van der Waals surface area contributed by atoms with Gasteiger partial charge in [0.25, 0.3) is 15.9 Å². The summed E-state index contributed by atoms with van der Waals surface area (Å²) in [5.41, 5.74) is 1.45. The van der Waals surface area contributed by atoms with E-state index in [4.69, 9.17) is 16.3 Å². The number of nitrogens with one attached hydrogen (secondary N) is 1. The number of para-hydroxylation sites is 2. The average molecular weight is 443 g/mol. The van der Waals surface area contributed by atoms with Gasteiger partial charge in [0.1, 0.15) is 11.9 Å². The van der Waals surface area contributed by atoms with E-state index in [9.17, 15) is 13.2 Å². The first-order valence-corrected chi connectivity index (χ1v) is 11.1. The van der Waals surface area contributed by atoms with Gasteiger partial charge in [0, 0.05) is 16.3 Å². The van der Waals surface area contributed by atoms with Crippen molar-refractivity contribution in [1.82, 2.24) is 0 Å². The maximum Gasteiger partial charge on any atom is 0.264 e. The first-order chi connectivity index (χ1) is 14.3. The molecule has 1 unspecified atom stereocenters. The molecule has 3 aromatic rings. The van der Waals surface area contributed by atoms with Crippen molar-refractivity contribution in [2.45, 2.75) is 17.9 Å². The summed E-state index contributed by atoms with van der Waals surface area (Å²) in [5, 5.41) is 3.29. The summed E-state index contributed by atoms with van der Waals surface area (Å²) in [6, 6.07) is 19.7. The van der Waals surface area contributed by atoms with Crippen molar-refractivity contribution < 1.29 is 17.9 Å². The molecule has 1 amide bonds. The van der Waals surface area contributed by atoms with Crippen LogP contribution in [0.15, 0.2) is 77.7 Å². The third-order valence-corrected chi connectivity index (χ3v) is 6.74. The predicted molar refractivity (Wildman–Crippen MR) is 117 cm³/mol. The monoisotopic (exact) mass is 442 g/mol. The molecule has 0 saturated carbocycles. The predicted octanol–water partition coefficient (Wildman–Crippen LogP) is 4.57. The lowest BCUT2D eigenvalue weighted by Gasteiger charge is -2.34. The van der Waals surface area contributed by atoms with Crippen molar-refractivity contribution >= 4 is 38.9 Å². The quantitative estimate of drug-likeness (QED) is 0.642. The molecule has 1 atom stereocenters. The number of rotatable bonds is 4. The van der Waals surface area contributed by atoms with E-state index in [0.717, 1.165) is 0 Å². The number of nitrogens with zero attached hydrogens (tertiary/aromatic N) is 1. The molecule has 4 rings (SSSR count). The second-order valence-electron chi connectivity index (χ2n) is 6.92. The number of carbonyl (C=O) groups is 1. The summed E-state index contributed by atoms with van der Waals surface area (Å²) in [5.74, 6) is 0.227. The molecule has 1 aliphatic rings. The number of hydrogen-bond donors (Lipinski definition) is 1. The van der Waals surface area contributed by atoms with Crippen LogP contribution in [-0.4, -0.2) is 27.0 Å². The average Bonchev–Trinajstić information content (AvgIpc) is 2.74. The molecular weight excluding hydrogens is 424 g/mol. The van der Waals surface area contributed by atoms with Gasteiger partial charge in [-0.15, -0.1) is 0 Å². The molecular formula is C22H19ClN2O4S. The number of fused-ring (bicyclic) bond motifs is 1. The van der Waals surface area contributed by atoms with Crippen LogP contribution in [0, 0.1) is 0 Å². The highest BCUT2D eigenvalue weighted by Gasteiger charge is 2.32. The normalized spacial score (nSPS) is 15.8. The van der Waals surface area contributed by atoms with Gasteiger partial charge < -0.3 is 10.1 Å². The van der Waals surface area contributed by atoms with Gasteiger partial charge in [-0.2, -0.15) is 0 Å². The van der Waals surface area contributed by atoms with E-state index in [1.165, 1.54) is 16.4 Å². The minimum atomic E-state index is -3.78. The highest BCUT2D eigenvalue weighted by Crippen LogP contribution is 2.36. The van der Waals surface area contributed by atoms with Gasteiger partial charge in [-0.25, -0.2) is 8.42 Å². The van der Waals surface area contributed by atoms with Gasteiger partial charge in [0.15, 0.2) is 0 Å². The fraction of sp³-hybridized carbons (Fsp3) is 0.136. The van der Waals surface area contributed by atoms with Crippen LogP contribution in [0.5, 0.6) is 5.75 Å². The smallest absolute Gasteiger partial charge is 0.264 e. The van der Waals surface area contributed by atoms with Crippen LogP contribution in [0.2, 0.25) is 5.02 Å². The molecule has 1 N–H and O–H groups in total. The van der Waals surface area contributed by atoms with Gasteiger partial charge in [-0.1, -0.05) is 23.7 Å². The standard InChI is InChI=1S/C22H19ClN2O4S/c1-15-14-25(20-4-2-3-5-21(20)29-15)30(27,28)19-12-10-18(11-13-19)24-22(26)16-6-8-17(23)9-7-16/h2-13,15H,14H2,1H3,(H,24,26). The zero-order valence-corrected chi connectivity index (χ0v) is 17.7. The molecule has 30 heavy (non-hydrogen) atoms. The summed E-state index contributed by atoms with van der Waals surface area (Å²) in [6.45, 7) is 2.04. The largest absolute Gasteiger partial charge is 0.487 e. The summed E-state index contributed by atoms with van der Waals surface area (Å²) in [7, 11) is -3.78. The summed E-state index contributed by atoms with van der Waals surface area (Å²) in [6.07, 6.45) is -0.271. The molecule has 0 fully saturated rings. The zero-order valence-electron chi connectivity index (χ0n) is 16.1. The van der Waals surface area contributed by atoms with E-state index in [2.05, 4.69) is 5.32 Å². The second kappa shape index (κ2) is 8.01. The molecule has 0 aliphatic carbocycles. The Labute approximate surface area is 180 Å². The Hall–Kier alpha value is -3.03. The minimum Gasteiger partial charge on any atom is -0.487 e. The Balaban J connectivity index is 1.56. The van der Waals surface area contributed by atoms with Gasteiger partial charge in [-0.05, 0) is 67.6 Å².